The van der Waals surface area contributed by atoms with Crippen LogP contribution in [0.2, 0.25) is 0 Å². The van der Waals surface area contributed by atoms with Crippen molar-refractivity contribution in [3.8, 4) is 17.2 Å². The minimum Gasteiger partial charge on any atom is -0.494 e. The maximum absolute atomic E-state index is 12.5. The molecule has 228 valence electrons. The zero-order valence-electron chi connectivity index (χ0n) is 25.5. The van der Waals surface area contributed by atoms with E-state index in [1.54, 1.807) is 6.07 Å². The standard InChI is InChI=1S/C39H42O5/c40-38(30-16-10-9-11-17-30)31-20-23-35(24-21-31)42-26-14-7-5-3-1-2-4-6-8-15-27-43-39(41)33-22-25-37-34(29-33)28-32-18-12-13-19-36(32)44-37/h9-13,16-25,29H,1-8,14-15,26-28H2. The summed E-state index contributed by atoms with van der Waals surface area (Å²) in [5, 5.41) is 0. The molecular weight excluding hydrogens is 548 g/mol. The average Bonchev–Trinajstić information content (AvgIpc) is 3.07. The summed E-state index contributed by atoms with van der Waals surface area (Å²) in [4.78, 5) is 25.1. The Morgan fingerprint density at radius 2 is 1.11 bits per heavy atom. The summed E-state index contributed by atoms with van der Waals surface area (Å²) in [6.45, 7) is 1.17. The number of carbonyl (C=O) groups is 2. The molecule has 0 aliphatic carbocycles. The molecule has 0 N–H and O–H groups in total. The predicted octanol–water partition coefficient (Wildman–Crippen LogP) is 9.75. The number of fused-ring (bicyclic) bond motifs is 2. The molecule has 0 bridgehead atoms. The fourth-order valence-electron chi connectivity index (χ4n) is 5.53. The third-order valence-electron chi connectivity index (χ3n) is 8.06. The van der Waals surface area contributed by atoms with Crippen LogP contribution in [-0.4, -0.2) is 25.0 Å². The van der Waals surface area contributed by atoms with Gasteiger partial charge in [-0.05, 0) is 66.9 Å². The summed E-state index contributed by atoms with van der Waals surface area (Å²) < 4.78 is 17.4. The van der Waals surface area contributed by atoms with Gasteiger partial charge in [0.05, 0.1) is 18.8 Å². The number of ketones is 1. The number of hydrogen-bond donors (Lipinski definition) is 0. The number of hydrogen-bond acceptors (Lipinski definition) is 5. The van der Waals surface area contributed by atoms with Crippen LogP contribution < -0.4 is 9.47 Å². The van der Waals surface area contributed by atoms with Crippen LogP contribution in [0.15, 0.2) is 97.1 Å². The van der Waals surface area contributed by atoms with E-state index < -0.39 is 0 Å². The Kier molecular flexibility index (Phi) is 11.6. The molecule has 44 heavy (non-hydrogen) atoms. The van der Waals surface area contributed by atoms with Crippen LogP contribution in [0, 0.1) is 0 Å². The number of esters is 1. The molecule has 0 aromatic heterocycles. The summed E-state index contributed by atoms with van der Waals surface area (Å²) in [6, 6.07) is 30.3. The number of rotatable bonds is 17. The Morgan fingerprint density at radius 1 is 0.545 bits per heavy atom. The molecule has 0 unspecified atom stereocenters. The van der Waals surface area contributed by atoms with Crippen molar-refractivity contribution < 1.29 is 23.8 Å². The first-order valence-electron chi connectivity index (χ1n) is 16.1. The van der Waals surface area contributed by atoms with Crippen LogP contribution in [0.4, 0.5) is 0 Å². The molecule has 1 aliphatic rings. The van der Waals surface area contributed by atoms with E-state index in [1.165, 1.54) is 44.9 Å². The van der Waals surface area contributed by atoms with E-state index in [9.17, 15) is 9.59 Å². The maximum atomic E-state index is 12.5. The summed E-state index contributed by atoms with van der Waals surface area (Å²) in [5.74, 6) is 2.28. The Bertz CT molecular complexity index is 1490. The van der Waals surface area contributed by atoms with Crippen LogP contribution in [0.25, 0.3) is 0 Å². The molecule has 4 aromatic rings. The first-order chi connectivity index (χ1) is 21.7. The van der Waals surface area contributed by atoms with Crippen molar-refractivity contribution in [3.63, 3.8) is 0 Å². The zero-order valence-corrected chi connectivity index (χ0v) is 25.5. The second kappa shape index (κ2) is 16.5. The van der Waals surface area contributed by atoms with Gasteiger partial charge < -0.3 is 14.2 Å². The number of para-hydroxylation sites is 1. The van der Waals surface area contributed by atoms with Crippen LogP contribution >= 0.6 is 0 Å². The topological polar surface area (TPSA) is 61.8 Å². The van der Waals surface area contributed by atoms with E-state index in [2.05, 4.69) is 6.07 Å². The fourth-order valence-corrected chi connectivity index (χ4v) is 5.53. The second-order valence-electron chi connectivity index (χ2n) is 11.4. The first kappa shape index (κ1) is 31.1. The molecule has 0 radical (unpaired) electrons. The van der Waals surface area contributed by atoms with Crippen LogP contribution in [0.3, 0.4) is 0 Å². The van der Waals surface area contributed by atoms with Gasteiger partial charge in [-0.15, -0.1) is 0 Å². The van der Waals surface area contributed by atoms with Crippen molar-refractivity contribution in [1.29, 1.82) is 0 Å². The van der Waals surface area contributed by atoms with Gasteiger partial charge in [-0.1, -0.05) is 99.9 Å². The minimum atomic E-state index is -0.259. The van der Waals surface area contributed by atoms with Crippen molar-refractivity contribution in [2.24, 2.45) is 0 Å². The number of carbonyl (C=O) groups excluding carboxylic acids is 2. The molecule has 0 amide bonds. The lowest BCUT2D eigenvalue weighted by molar-refractivity contribution is 0.0497. The predicted molar refractivity (Wildman–Crippen MR) is 174 cm³/mol. The summed E-state index contributed by atoms with van der Waals surface area (Å²) in [6.07, 6.45) is 12.4. The molecule has 0 atom stereocenters. The van der Waals surface area contributed by atoms with Crippen molar-refractivity contribution in [2.75, 3.05) is 13.2 Å². The lowest BCUT2D eigenvalue weighted by Gasteiger charge is -2.20. The molecule has 5 nitrogen and oxygen atoms in total. The van der Waals surface area contributed by atoms with E-state index >= 15 is 0 Å². The van der Waals surface area contributed by atoms with Gasteiger partial charge in [0.1, 0.15) is 17.2 Å². The van der Waals surface area contributed by atoms with Gasteiger partial charge in [0.15, 0.2) is 5.78 Å². The smallest absolute Gasteiger partial charge is 0.338 e. The SMILES string of the molecule is O=C(OCCCCCCCCCCCCOc1ccc(C(=O)c2ccccc2)cc1)c1ccc2c(c1)Cc1ccccc1O2. The Morgan fingerprint density at radius 3 is 1.84 bits per heavy atom. The molecule has 1 heterocycles. The van der Waals surface area contributed by atoms with Gasteiger partial charge in [0, 0.05) is 23.1 Å². The van der Waals surface area contributed by atoms with E-state index in [4.69, 9.17) is 14.2 Å². The largest absolute Gasteiger partial charge is 0.494 e. The van der Waals surface area contributed by atoms with Crippen molar-refractivity contribution in [1.82, 2.24) is 0 Å². The number of ether oxygens (including phenoxy) is 3. The molecule has 0 fully saturated rings. The minimum absolute atomic E-state index is 0.0305. The van der Waals surface area contributed by atoms with Crippen molar-refractivity contribution in [2.45, 2.75) is 70.6 Å². The van der Waals surface area contributed by atoms with Gasteiger partial charge >= 0.3 is 5.97 Å². The average molecular weight is 591 g/mol. The number of unbranched alkanes of at least 4 members (excludes halogenated alkanes) is 9. The van der Waals surface area contributed by atoms with E-state index in [1.807, 2.05) is 84.9 Å². The molecular formula is C39H42O5. The van der Waals surface area contributed by atoms with E-state index in [0.29, 0.717) is 29.9 Å². The normalized spacial score (nSPS) is 11.6. The summed E-state index contributed by atoms with van der Waals surface area (Å²) in [5.41, 5.74) is 4.12. The number of benzene rings is 4. The third kappa shape index (κ3) is 9.06. The van der Waals surface area contributed by atoms with Crippen LogP contribution in [0.1, 0.15) is 102 Å². The van der Waals surface area contributed by atoms with Crippen molar-refractivity contribution >= 4 is 11.8 Å². The molecule has 1 aliphatic heterocycles. The van der Waals surface area contributed by atoms with Crippen LogP contribution in [0.5, 0.6) is 17.2 Å². The molecule has 5 heteroatoms. The monoisotopic (exact) mass is 590 g/mol. The Hall–Kier alpha value is -4.38. The highest BCUT2D eigenvalue weighted by Gasteiger charge is 2.18. The van der Waals surface area contributed by atoms with Gasteiger partial charge in [-0.3, -0.25) is 4.79 Å². The molecule has 0 saturated carbocycles. The highest BCUT2D eigenvalue weighted by Crippen LogP contribution is 2.36. The van der Waals surface area contributed by atoms with E-state index in [0.717, 1.165) is 54.1 Å². The summed E-state index contributed by atoms with van der Waals surface area (Å²) >= 11 is 0. The third-order valence-corrected chi connectivity index (χ3v) is 8.06. The van der Waals surface area contributed by atoms with Crippen LogP contribution in [-0.2, 0) is 11.2 Å². The maximum Gasteiger partial charge on any atom is 0.338 e. The van der Waals surface area contributed by atoms with Gasteiger partial charge in [-0.25, -0.2) is 4.79 Å². The molecule has 0 spiro atoms. The first-order valence-corrected chi connectivity index (χ1v) is 16.1. The lowest BCUT2D eigenvalue weighted by Crippen LogP contribution is -2.09. The molecule has 4 aromatic carbocycles. The Balaban J connectivity index is 0.841. The molecule has 0 saturated heterocycles. The fraction of sp³-hybridized carbons (Fsp3) is 0.333. The summed E-state index contributed by atoms with van der Waals surface area (Å²) in [7, 11) is 0. The van der Waals surface area contributed by atoms with Gasteiger partial charge in [0.2, 0.25) is 0 Å². The highest BCUT2D eigenvalue weighted by molar-refractivity contribution is 6.09. The van der Waals surface area contributed by atoms with Crippen molar-refractivity contribution in [3.05, 3.63) is 125 Å². The van der Waals surface area contributed by atoms with Gasteiger partial charge in [0.25, 0.3) is 0 Å². The second-order valence-corrected chi connectivity index (χ2v) is 11.4. The Labute approximate surface area is 261 Å². The molecule has 5 rings (SSSR count). The zero-order chi connectivity index (χ0) is 30.4. The van der Waals surface area contributed by atoms with Gasteiger partial charge in [-0.2, -0.15) is 0 Å². The quantitative estimate of drug-likeness (QED) is 0.0613. The highest BCUT2D eigenvalue weighted by atomic mass is 16.5. The van der Waals surface area contributed by atoms with E-state index in [-0.39, 0.29) is 11.8 Å². The lowest BCUT2D eigenvalue weighted by atomic mass is 9.98.